The Hall–Kier alpha value is -3.20. The highest BCUT2D eigenvalue weighted by Gasteiger charge is 2.24. The molecule has 2 N–H and O–H groups in total. The molecule has 0 aliphatic carbocycles. The van der Waals surface area contributed by atoms with Crippen molar-refractivity contribution in [2.75, 3.05) is 4.90 Å². The van der Waals surface area contributed by atoms with Crippen LogP contribution in [0.2, 0.25) is 0 Å². The van der Waals surface area contributed by atoms with Gasteiger partial charge in [-0.2, -0.15) is 0 Å². The summed E-state index contributed by atoms with van der Waals surface area (Å²) in [7, 11) is 0. The van der Waals surface area contributed by atoms with Crippen LogP contribution in [0, 0.1) is 31.6 Å². The largest absolute Gasteiger partial charge is 0.284 e. The van der Waals surface area contributed by atoms with Crippen LogP contribution >= 0.6 is 0 Å². The lowest BCUT2D eigenvalue weighted by Crippen LogP contribution is -2.38. The molecule has 3 aromatic rings. The molecule has 0 aliphatic rings. The monoisotopic (exact) mass is 341 g/mol. The second kappa shape index (κ2) is 7.36. The number of nitrogens with zero attached hydrogens (tertiary/aromatic N) is 1. The van der Waals surface area contributed by atoms with Crippen molar-refractivity contribution < 1.29 is 0 Å². The summed E-state index contributed by atoms with van der Waals surface area (Å²) >= 11 is 0. The van der Waals surface area contributed by atoms with Gasteiger partial charge in [0.25, 0.3) is 0 Å². The molecule has 0 fully saturated rings. The fraction of sp³-hybridized carbons (Fsp3) is 0.130. The average Bonchev–Trinajstić information content (AvgIpc) is 2.65. The van der Waals surface area contributed by atoms with Crippen LogP contribution in [0.4, 0.5) is 5.69 Å². The first-order chi connectivity index (χ1) is 12.5. The van der Waals surface area contributed by atoms with E-state index in [1.165, 1.54) is 0 Å². The molecule has 0 radical (unpaired) electrons. The molecule has 0 atom stereocenters. The lowest BCUT2D eigenvalue weighted by atomic mass is 10.0. The Kier molecular flexibility index (Phi) is 4.99. The Morgan fingerprint density at radius 1 is 0.615 bits per heavy atom. The van der Waals surface area contributed by atoms with Crippen LogP contribution in [-0.2, 0) is 0 Å². The fourth-order valence-electron chi connectivity index (χ4n) is 3.18. The molecular formula is C23H23N3. The molecule has 0 bridgehead atoms. The molecule has 0 saturated carbocycles. The number of hydrogen-bond donors (Lipinski definition) is 2. The van der Waals surface area contributed by atoms with Crippen molar-refractivity contribution in [3.05, 3.63) is 101 Å². The summed E-state index contributed by atoms with van der Waals surface area (Å²) in [4.78, 5) is 1.75. The second-order valence-electron chi connectivity index (χ2n) is 6.45. The number of amidine groups is 2. The standard InChI is InChI=1S/C23H23N3/c1-16-10-7-8-15-20(16)23(25)26(21-17(2)11-9-12-18(21)3)22(24)19-13-5-4-6-14-19/h4-15,24-25H,1-3H3. The Morgan fingerprint density at radius 2 is 1.15 bits per heavy atom. The molecule has 3 rings (SSSR count). The first-order valence-corrected chi connectivity index (χ1v) is 8.65. The number of anilines is 1. The fourth-order valence-corrected chi connectivity index (χ4v) is 3.18. The van der Waals surface area contributed by atoms with Gasteiger partial charge in [-0.3, -0.25) is 15.7 Å². The molecule has 3 heteroatoms. The van der Waals surface area contributed by atoms with Crippen molar-refractivity contribution in [2.24, 2.45) is 0 Å². The summed E-state index contributed by atoms with van der Waals surface area (Å²) in [5, 5.41) is 17.8. The normalized spacial score (nSPS) is 10.4. The van der Waals surface area contributed by atoms with E-state index < -0.39 is 0 Å². The number of benzene rings is 3. The molecule has 3 nitrogen and oxygen atoms in total. The predicted molar refractivity (Wildman–Crippen MR) is 110 cm³/mol. The number of para-hydroxylation sites is 1. The minimum Gasteiger partial charge on any atom is -0.284 e. The van der Waals surface area contributed by atoms with Gasteiger partial charge >= 0.3 is 0 Å². The van der Waals surface area contributed by atoms with Gasteiger partial charge in [-0.1, -0.05) is 72.8 Å². The van der Waals surface area contributed by atoms with Crippen molar-refractivity contribution in [1.82, 2.24) is 0 Å². The highest BCUT2D eigenvalue weighted by molar-refractivity contribution is 6.28. The van der Waals surface area contributed by atoms with Gasteiger partial charge in [-0.15, -0.1) is 0 Å². The second-order valence-corrected chi connectivity index (χ2v) is 6.45. The van der Waals surface area contributed by atoms with Crippen LogP contribution in [0.3, 0.4) is 0 Å². The highest BCUT2D eigenvalue weighted by Crippen LogP contribution is 2.28. The van der Waals surface area contributed by atoms with Gasteiger partial charge in [-0.05, 0) is 37.5 Å². The number of nitrogens with one attached hydrogen (secondary N) is 2. The zero-order valence-corrected chi connectivity index (χ0v) is 15.4. The van der Waals surface area contributed by atoms with E-state index in [9.17, 15) is 0 Å². The van der Waals surface area contributed by atoms with Gasteiger partial charge in [-0.25, -0.2) is 0 Å². The molecule has 0 saturated heterocycles. The van der Waals surface area contributed by atoms with Gasteiger partial charge in [0.05, 0.1) is 5.69 Å². The first kappa shape index (κ1) is 17.6. The van der Waals surface area contributed by atoms with E-state index in [-0.39, 0.29) is 0 Å². The Labute approximate surface area is 155 Å². The van der Waals surface area contributed by atoms with E-state index in [1.807, 2.05) is 93.6 Å². The molecule has 26 heavy (non-hydrogen) atoms. The van der Waals surface area contributed by atoms with E-state index in [1.54, 1.807) is 4.90 Å². The maximum Gasteiger partial charge on any atom is 0.138 e. The van der Waals surface area contributed by atoms with Gasteiger partial charge in [0.1, 0.15) is 11.7 Å². The number of hydrogen-bond acceptors (Lipinski definition) is 2. The van der Waals surface area contributed by atoms with Crippen LogP contribution < -0.4 is 4.90 Å². The molecular weight excluding hydrogens is 318 g/mol. The maximum absolute atomic E-state index is 8.92. The molecule has 0 heterocycles. The van der Waals surface area contributed by atoms with Gasteiger partial charge < -0.3 is 0 Å². The molecule has 0 spiro atoms. The van der Waals surface area contributed by atoms with Crippen LogP contribution in [-0.4, -0.2) is 11.7 Å². The minimum absolute atomic E-state index is 0.302. The van der Waals surface area contributed by atoms with Gasteiger partial charge in [0.15, 0.2) is 0 Å². The summed E-state index contributed by atoms with van der Waals surface area (Å²) in [6.07, 6.45) is 0. The molecule has 3 aromatic carbocycles. The summed E-state index contributed by atoms with van der Waals surface area (Å²) < 4.78 is 0. The molecule has 0 amide bonds. The predicted octanol–water partition coefficient (Wildman–Crippen LogP) is 5.47. The van der Waals surface area contributed by atoms with E-state index in [0.717, 1.165) is 33.5 Å². The minimum atomic E-state index is 0.302. The first-order valence-electron chi connectivity index (χ1n) is 8.65. The Balaban J connectivity index is 2.18. The quantitative estimate of drug-likeness (QED) is 0.482. The maximum atomic E-state index is 8.92. The third kappa shape index (κ3) is 3.29. The topological polar surface area (TPSA) is 50.9 Å². The lowest BCUT2D eigenvalue weighted by molar-refractivity contribution is 1.23. The molecule has 0 aromatic heterocycles. The van der Waals surface area contributed by atoms with Crippen molar-refractivity contribution in [3.8, 4) is 0 Å². The van der Waals surface area contributed by atoms with Crippen molar-refractivity contribution in [1.29, 1.82) is 10.8 Å². The van der Waals surface area contributed by atoms with Crippen LogP contribution in [0.5, 0.6) is 0 Å². The molecule has 0 unspecified atom stereocenters. The van der Waals surface area contributed by atoms with E-state index in [4.69, 9.17) is 10.8 Å². The zero-order valence-electron chi connectivity index (χ0n) is 15.4. The van der Waals surface area contributed by atoms with Crippen LogP contribution in [0.15, 0.2) is 72.8 Å². The highest BCUT2D eigenvalue weighted by atomic mass is 15.2. The van der Waals surface area contributed by atoms with E-state index >= 15 is 0 Å². The van der Waals surface area contributed by atoms with Crippen molar-refractivity contribution in [2.45, 2.75) is 20.8 Å². The third-order valence-corrected chi connectivity index (χ3v) is 4.56. The van der Waals surface area contributed by atoms with Crippen LogP contribution in [0.25, 0.3) is 0 Å². The van der Waals surface area contributed by atoms with E-state index in [2.05, 4.69) is 0 Å². The van der Waals surface area contributed by atoms with Crippen LogP contribution in [0.1, 0.15) is 27.8 Å². The number of rotatable bonds is 3. The smallest absolute Gasteiger partial charge is 0.138 e. The summed E-state index contributed by atoms with van der Waals surface area (Å²) in [5.41, 5.74) is 5.63. The third-order valence-electron chi connectivity index (χ3n) is 4.56. The summed E-state index contributed by atoms with van der Waals surface area (Å²) in [6.45, 7) is 6.05. The summed E-state index contributed by atoms with van der Waals surface area (Å²) in [6, 6.07) is 23.5. The molecule has 130 valence electrons. The average molecular weight is 341 g/mol. The SMILES string of the molecule is Cc1ccccc1C(=N)N(C(=N)c1ccccc1)c1c(C)cccc1C. The van der Waals surface area contributed by atoms with Crippen molar-refractivity contribution >= 4 is 17.4 Å². The zero-order chi connectivity index (χ0) is 18.7. The number of aryl methyl sites for hydroxylation is 3. The Bertz CT molecular complexity index is 938. The molecule has 0 aliphatic heterocycles. The van der Waals surface area contributed by atoms with E-state index in [0.29, 0.717) is 11.7 Å². The Morgan fingerprint density at radius 3 is 1.77 bits per heavy atom. The van der Waals surface area contributed by atoms with Gasteiger partial charge in [0, 0.05) is 11.1 Å². The van der Waals surface area contributed by atoms with Crippen molar-refractivity contribution in [3.63, 3.8) is 0 Å². The summed E-state index contributed by atoms with van der Waals surface area (Å²) in [5.74, 6) is 0.616. The van der Waals surface area contributed by atoms with Gasteiger partial charge in [0.2, 0.25) is 0 Å². The lowest BCUT2D eigenvalue weighted by Gasteiger charge is -2.29.